The van der Waals surface area contributed by atoms with Crippen LogP contribution < -0.4 is 5.32 Å². The van der Waals surface area contributed by atoms with Crippen molar-refractivity contribution in [1.29, 1.82) is 0 Å². The normalized spacial score (nSPS) is 20.6. The van der Waals surface area contributed by atoms with E-state index < -0.39 is 15.7 Å². The second-order valence-electron chi connectivity index (χ2n) is 6.09. The van der Waals surface area contributed by atoms with Crippen LogP contribution in [0.1, 0.15) is 12.0 Å². The SMILES string of the molecule is O=C(Nc1ccn(-c2ccnc(F)c2)n1)[C@]1(c2ccccc2)CC1(Cl)Cl. The molecule has 0 aliphatic heterocycles. The second-order valence-corrected chi connectivity index (χ2v) is 7.57. The summed E-state index contributed by atoms with van der Waals surface area (Å²) in [5.41, 5.74) is 0.216. The van der Waals surface area contributed by atoms with Gasteiger partial charge in [-0.1, -0.05) is 30.3 Å². The van der Waals surface area contributed by atoms with Crippen molar-refractivity contribution in [2.75, 3.05) is 5.32 Å². The van der Waals surface area contributed by atoms with Crippen molar-refractivity contribution in [3.8, 4) is 5.69 Å². The maximum absolute atomic E-state index is 13.3. The lowest BCUT2D eigenvalue weighted by Gasteiger charge is -2.17. The molecule has 1 aliphatic carbocycles. The maximum Gasteiger partial charge on any atom is 0.239 e. The van der Waals surface area contributed by atoms with Crippen LogP contribution in [-0.2, 0) is 10.2 Å². The number of hydrogen-bond donors (Lipinski definition) is 1. The Labute approximate surface area is 158 Å². The largest absolute Gasteiger partial charge is 0.308 e. The van der Waals surface area contributed by atoms with E-state index in [2.05, 4.69) is 15.4 Å². The van der Waals surface area contributed by atoms with Gasteiger partial charge in [-0.05, 0) is 11.6 Å². The zero-order chi connectivity index (χ0) is 18.4. The van der Waals surface area contributed by atoms with Gasteiger partial charge in [0, 0.05) is 30.9 Å². The third-order valence-electron chi connectivity index (χ3n) is 4.45. The highest BCUT2D eigenvalue weighted by molar-refractivity contribution is 6.54. The first-order valence-electron chi connectivity index (χ1n) is 7.85. The fourth-order valence-corrected chi connectivity index (χ4v) is 3.79. The summed E-state index contributed by atoms with van der Waals surface area (Å²) < 4.78 is 13.5. The van der Waals surface area contributed by atoms with Gasteiger partial charge in [0.2, 0.25) is 11.9 Å². The first-order chi connectivity index (χ1) is 12.4. The number of hydrogen-bond acceptors (Lipinski definition) is 3. The van der Waals surface area contributed by atoms with Gasteiger partial charge >= 0.3 is 0 Å². The highest BCUT2D eigenvalue weighted by atomic mass is 35.5. The number of benzene rings is 1. The number of anilines is 1. The number of alkyl halides is 2. The van der Waals surface area contributed by atoms with Crippen LogP contribution in [0.3, 0.4) is 0 Å². The lowest BCUT2D eigenvalue weighted by atomic mass is 9.95. The standard InChI is InChI=1S/C18H13Cl2FN4O/c19-18(20)11-17(18,12-4-2-1-3-5-12)16(26)23-15-7-9-25(24-15)13-6-8-22-14(21)10-13/h1-10H,11H2,(H,23,24,26)/t17-/m1/s1. The van der Waals surface area contributed by atoms with Crippen molar-refractivity contribution in [3.05, 3.63) is 72.4 Å². The summed E-state index contributed by atoms with van der Waals surface area (Å²) in [7, 11) is 0. The molecule has 3 aromatic rings. The molecular formula is C18H13Cl2FN4O. The summed E-state index contributed by atoms with van der Waals surface area (Å²) in [6, 6.07) is 13.6. The number of halogens is 3. The van der Waals surface area contributed by atoms with E-state index in [0.29, 0.717) is 17.9 Å². The quantitative estimate of drug-likeness (QED) is 0.543. The molecule has 1 aliphatic rings. The molecule has 1 N–H and O–H groups in total. The smallest absolute Gasteiger partial charge is 0.239 e. The van der Waals surface area contributed by atoms with Gasteiger partial charge in [0.05, 0.1) is 5.69 Å². The number of nitrogens with one attached hydrogen (secondary N) is 1. The zero-order valence-electron chi connectivity index (χ0n) is 13.4. The monoisotopic (exact) mass is 390 g/mol. The van der Waals surface area contributed by atoms with Gasteiger partial charge in [-0.15, -0.1) is 23.2 Å². The predicted octanol–water partition coefficient (Wildman–Crippen LogP) is 3.86. The van der Waals surface area contributed by atoms with Gasteiger partial charge in [-0.3, -0.25) is 4.79 Å². The molecule has 1 atom stereocenters. The van der Waals surface area contributed by atoms with E-state index in [1.54, 1.807) is 18.3 Å². The van der Waals surface area contributed by atoms with Crippen LogP contribution in [0.15, 0.2) is 60.9 Å². The third-order valence-corrected chi connectivity index (χ3v) is 5.36. The van der Waals surface area contributed by atoms with Gasteiger partial charge in [-0.2, -0.15) is 9.49 Å². The van der Waals surface area contributed by atoms with E-state index in [4.69, 9.17) is 23.2 Å². The Bertz CT molecular complexity index is 976. The van der Waals surface area contributed by atoms with E-state index >= 15 is 0 Å². The van der Waals surface area contributed by atoms with Crippen LogP contribution in [0.25, 0.3) is 5.69 Å². The summed E-state index contributed by atoms with van der Waals surface area (Å²) in [5, 5.41) is 7.00. The van der Waals surface area contributed by atoms with Crippen LogP contribution in [0.4, 0.5) is 10.2 Å². The molecular weight excluding hydrogens is 378 g/mol. The predicted molar refractivity (Wildman–Crippen MR) is 97.1 cm³/mol. The van der Waals surface area contributed by atoms with E-state index in [0.717, 1.165) is 5.56 Å². The Hall–Kier alpha value is -2.44. The Morgan fingerprint density at radius 3 is 2.58 bits per heavy atom. The van der Waals surface area contributed by atoms with Crippen LogP contribution in [-0.4, -0.2) is 25.0 Å². The molecule has 132 valence electrons. The third kappa shape index (κ3) is 2.75. The molecule has 0 saturated heterocycles. The number of amides is 1. The fourth-order valence-electron chi connectivity index (χ4n) is 2.99. The summed E-state index contributed by atoms with van der Waals surface area (Å²) in [5.74, 6) is -0.628. The van der Waals surface area contributed by atoms with E-state index in [9.17, 15) is 9.18 Å². The Kier molecular flexibility index (Phi) is 3.97. The number of pyridine rings is 1. The molecule has 2 heterocycles. The van der Waals surface area contributed by atoms with Crippen LogP contribution in [0.5, 0.6) is 0 Å². The molecule has 8 heteroatoms. The van der Waals surface area contributed by atoms with Crippen LogP contribution in [0.2, 0.25) is 0 Å². The number of carbonyl (C=O) groups is 1. The average molecular weight is 391 g/mol. The number of carbonyl (C=O) groups excluding carboxylic acids is 1. The summed E-state index contributed by atoms with van der Waals surface area (Å²) in [4.78, 5) is 16.4. The lowest BCUT2D eigenvalue weighted by Crippen LogP contribution is -2.32. The minimum absolute atomic E-state index is 0.315. The number of rotatable bonds is 4. The molecule has 5 nitrogen and oxygen atoms in total. The maximum atomic E-state index is 13.3. The van der Waals surface area contributed by atoms with E-state index in [1.807, 2.05) is 30.3 Å². The number of aromatic nitrogens is 3. The summed E-state index contributed by atoms with van der Waals surface area (Å²) in [6.45, 7) is 0. The van der Waals surface area contributed by atoms with Crippen molar-refractivity contribution in [2.24, 2.45) is 0 Å². The lowest BCUT2D eigenvalue weighted by molar-refractivity contribution is -0.118. The zero-order valence-corrected chi connectivity index (χ0v) is 14.9. The molecule has 0 spiro atoms. The van der Waals surface area contributed by atoms with Crippen LogP contribution >= 0.6 is 23.2 Å². The average Bonchev–Trinajstić information content (AvgIpc) is 2.98. The highest BCUT2D eigenvalue weighted by Crippen LogP contribution is 2.65. The summed E-state index contributed by atoms with van der Waals surface area (Å²) >= 11 is 12.6. The van der Waals surface area contributed by atoms with E-state index in [1.165, 1.54) is 16.9 Å². The highest BCUT2D eigenvalue weighted by Gasteiger charge is 2.72. The van der Waals surface area contributed by atoms with Gasteiger partial charge in [-0.25, -0.2) is 9.67 Å². The first kappa shape index (κ1) is 17.0. The van der Waals surface area contributed by atoms with Crippen LogP contribution in [0, 0.1) is 5.95 Å². The number of nitrogens with zero attached hydrogens (tertiary/aromatic N) is 3. The Balaban J connectivity index is 1.59. The van der Waals surface area contributed by atoms with Crippen molar-refractivity contribution in [3.63, 3.8) is 0 Å². The topological polar surface area (TPSA) is 59.8 Å². The van der Waals surface area contributed by atoms with Crippen molar-refractivity contribution in [2.45, 2.75) is 16.2 Å². The summed E-state index contributed by atoms with van der Waals surface area (Å²) in [6.07, 6.45) is 3.27. The molecule has 1 fully saturated rings. The molecule has 0 bridgehead atoms. The van der Waals surface area contributed by atoms with Gasteiger partial charge in [0.1, 0.15) is 9.75 Å². The van der Waals surface area contributed by atoms with Crippen molar-refractivity contribution < 1.29 is 9.18 Å². The molecule has 26 heavy (non-hydrogen) atoms. The molecule has 0 radical (unpaired) electrons. The second kappa shape index (κ2) is 6.07. The Morgan fingerprint density at radius 2 is 1.92 bits per heavy atom. The molecule has 1 aromatic carbocycles. The Morgan fingerprint density at radius 1 is 1.19 bits per heavy atom. The van der Waals surface area contributed by atoms with Crippen molar-refractivity contribution in [1.82, 2.24) is 14.8 Å². The molecule has 1 amide bonds. The van der Waals surface area contributed by atoms with Gasteiger partial charge in [0.25, 0.3) is 0 Å². The first-order valence-corrected chi connectivity index (χ1v) is 8.60. The molecule has 1 saturated carbocycles. The van der Waals surface area contributed by atoms with Gasteiger partial charge in [0.15, 0.2) is 5.82 Å². The van der Waals surface area contributed by atoms with E-state index in [-0.39, 0.29) is 5.91 Å². The fraction of sp³-hybridized carbons (Fsp3) is 0.167. The molecule has 0 unspecified atom stereocenters. The van der Waals surface area contributed by atoms with Crippen molar-refractivity contribution >= 4 is 34.9 Å². The van der Waals surface area contributed by atoms with Gasteiger partial charge < -0.3 is 5.32 Å². The molecule has 4 rings (SSSR count). The molecule has 2 aromatic heterocycles. The minimum atomic E-state index is -1.17. The minimum Gasteiger partial charge on any atom is -0.308 e.